The number of hydrogen-bond acceptors (Lipinski definition) is 8. The summed E-state index contributed by atoms with van der Waals surface area (Å²) in [5, 5.41) is 11.7. The number of aromatic nitrogens is 3. The van der Waals surface area contributed by atoms with Gasteiger partial charge in [0.15, 0.2) is 14.8 Å². The highest BCUT2D eigenvalue weighted by Crippen LogP contribution is 2.30. The van der Waals surface area contributed by atoms with Gasteiger partial charge in [-0.15, -0.1) is 0 Å². The summed E-state index contributed by atoms with van der Waals surface area (Å²) in [6.07, 6.45) is 0. The summed E-state index contributed by atoms with van der Waals surface area (Å²) in [4.78, 5) is 29.5. The lowest BCUT2D eigenvalue weighted by atomic mass is 10.2. The second-order valence-corrected chi connectivity index (χ2v) is 10.5. The highest BCUT2D eigenvalue weighted by molar-refractivity contribution is 7.98. The van der Waals surface area contributed by atoms with Gasteiger partial charge in [-0.25, -0.2) is 4.98 Å². The number of nitrogens with zero attached hydrogens (tertiary/aromatic N) is 4. The van der Waals surface area contributed by atoms with Crippen LogP contribution in [0.15, 0.2) is 88.8 Å². The SMILES string of the molecule is CCOc1ccc(-n2c(=S)sc3c(=O)n(-c4ccccc4)c(SCc4cccc([N+](=O)[O-])c4)nc32)cc1. The Balaban J connectivity index is 1.65. The van der Waals surface area contributed by atoms with Crippen LogP contribution in [0.5, 0.6) is 5.75 Å². The van der Waals surface area contributed by atoms with E-state index in [2.05, 4.69) is 0 Å². The zero-order valence-corrected chi connectivity index (χ0v) is 22.0. The Bertz CT molecular complexity index is 1710. The average Bonchev–Trinajstić information content (AvgIpc) is 3.25. The first kappa shape index (κ1) is 24.9. The summed E-state index contributed by atoms with van der Waals surface area (Å²) in [6.45, 7) is 2.48. The van der Waals surface area contributed by atoms with E-state index < -0.39 is 4.92 Å². The molecule has 186 valence electrons. The molecule has 5 aromatic rings. The quantitative estimate of drug-likeness (QED) is 0.0712. The van der Waals surface area contributed by atoms with Gasteiger partial charge in [-0.2, -0.15) is 0 Å². The fraction of sp³-hybridized carbons (Fsp3) is 0.115. The minimum Gasteiger partial charge on any atom is -0.494 e. The molecular weight excluding hydrogens is 529 g/mol. The predicted octanol–water partition coefficient (Wildman–Crippen LogP) is 6.57. The molecule has 5 rings (SSSR count). The molecule has 0 unspecified atom stereocenters. The molecule has 0 aliphatic carbocycles. The number of rotatable bonds is 8. The molecule has 0 fully saturated rings. The third-order valence-corrected chi connectivity index (χ3v) is 7.85. The maximum Gasteiger partial charge on any atom is 0.278 e. The zero-order valence-electron chi connectivity index (χ0n) is 19.6. The Morgan fingerprint density at radius 3 is 2.46 bits per heavy atom. The number of thioether (sulfide) groups is 1. The van der Waals surface area contributed by atoms with Crippen LogP contribution in [0.25, 0.3) is 21.7 Å². The van der Waals surface area contributed by atoms with Crippen molar-refractivity contribution in [2.24, 2.45) is 0 Å². The van der Waals surface area contributed by atoms with E-state index in [9.17, 15) is 14.9 Å². The van der Waals surface area contributed by atoms with Crippen molar-refractivity contribution in [1.82, 2.24) is 14.1 Å². The number of ether oxygens (including phenoxy) is 1. The summed E-state index contributed by atoms with van der Waals surface area (Å²) in [5.41, 5.74) is 2.47. The maximum atomic E-state index is 13.8. The lowest BCUT2D eigenvalue weighted by molar-refractivity contribution is -0.384. The second-order valence-electron chi connectivity index (χ2n) is 7.87. The lowest BCUT2D eigenvalue weighted by Crippen LogP contribution is -2.21. The van der Waals surface area contributed by atoms with E-state index in [0.717, 1.165) is 17.0 Å². The normalized spacial score (nSPS) is 11.1. The topological polar surface area (TPSA) is 92.2 Å². The molecule has 3 aromatic carbocycles. The van der Waals surface area contributed by atoms with Gasteiger partial charge in [0.05, 0.1) is 17.2 Å². The average molecular weight is 549 g/mol. The number of nitro groups is 1. The number of para-hydroxylation sites is 1. The van der Waals surface area contributed by atoms with E-state index in [1.54, 1.807) is 15.2 Å². The van der Waals surface area contributed by atoms with Gasteiger partial charge in [0, 0.05) is 23.6 Å². The molecule has 0 aliphatic rings. The summed E-state index contributed by atoms with van der Waals surface area (Å²) in [6, 6.07) is 23.2. The summed E-state index contributed by atoms with van der Waals surface area (Å²) >= 11 is 8.20. The number of benzene rings is 3. The van der Waals surface area contributed by atoms with E-state index in [0.29, 0.717) is 37.5 Å². The molecule has 0 bridgehead atoms. The Morgan fingerprint density at radius 2 is 1.76 bits per heavy atom. The van der Waals surface area contributed by atoms with Gasteiger partial charge in [0.2, 0.25) is 0 Å². The molecule has 0 N–H and O–H groups in total. The second kappa shape index (κ2) is 10.7. The van der Waals surface area contributed by atoms with Crippen molar-refractivity contribution in [2.75, 3.05) is 6.61 Å². The highest BCUT2D eigenvalue weighted by atomic mass is 32.2. The van der Waals surface area contributed by atoms with Crippen LogP contribution in [0.2, 0.25) is 0 Å². The van der Waals surface area contributed by atoms with Gasteiger partial charge in [-0.1, -0.05) is 53.4 Å². The summed E-state index contributed by atoms with van der Waals surface area (Å²) in [7, 11) is 0. The highest BCUT2D eigenvalue weighted by Gasteiger charge is 2.19. The van der Waals surface area contributed by atoms with Crippen LogP contribution in [-0.2, 0) is 5.75 Å². The van der Waals surface area contributed by atoms with E-state index in [-0.39, 0.29) is 11.2 Å². The van der Waals surface area contributed by atoms with Crippen LogP contribution < -0.4 is 10.3 Å². The monoisotopic (exact) mass is 548 g/mol. The largest absolute Gasteiger partial charge is 0.494 e. The number of non-ortho nitro benzene ring substituents is 1. The molecular formula is C26H20N4O4S3. The van der Waals surface area contributed by atoms with Crippen molar-refractivity contribution in [3.63, 3.8) is 0 Å². The van der Waals surface area contributed by atoms with Crippen LogP contribution in [0.4, 0.5) is 5.69 Å². The van der Waals surface area contributed by atoms with Gasteiger partial charge in [-0.05, 0) is 61.1 Å². The van der Waals surface area contributed by atoms with E-state index in [1.807, 2.05) is 67.6 Å². The number of fused-ring (bicyclic) bond motifs is 1. The summed E-state index contributed by atoms with van der Waals surface area (Å²) < 4.78 is 9.86. The fourth-order valence-electron chi connectivity index (χ4n) is 3.83. The minimum atomic E-state index is -0.422. The predicted molar refractivity (Wildman–Crippen MR) is 149 cm³/mol. The van der Waals surface area contributed by atoms with Crippen molar-refractivity contribution >= 4 is 51.4 Å². The van der Waals surface area contributed by atoms with Crippen molar-refractivity contribution < 1.29 is 9.66 Å². The number of nitro benzene ring substituents is 1. The molecule has 0 atom stereocenters. The third-order valence-electron chi connectivity index (χ3n) is 5.49. The van der Waals surface area contributed by atoms with Crippen LogP contribution >= 0.6 is 35.3 Å². The molecule has 2 heterocycles. The maximum absolute atomic E-state index is 13.8. The number of hydrogen-bond donors (Lipinski definition) is 0. The first-order valence-corrected chi connectivity index (χ1v) is 13.5. The van der Waals surface area contributed by atoms with Gasteiger partial charge in [0.1, 0.15) is 10.4 Å². The standard InChI is InChI=1S/C26H20N4O4S3/c1-2-34-21-13-11-19(12-14-21)28-23-22(37-26(28)35)24(31)29(18-8-4-3-5-9-18)25(27-23)36-16-17-7-6-10-20(15-17)30(32)33/h3-15H,2,16H2,1H3. The smallest absolute Gasteiger partial charge is 0.278 e. The van der Waals surface area contributed by atoms with Gasteiger partial charge >= 0.3 is 0 Å². The molecule has 8 nitrogen and oxygen atoms in total. The molecule has 0 aliphatic heterocycles. The Hall–Kier alpha value is -3.80. The molecule has 11 heteroatoms. The van der Waals surface area contributed by atoms with Crippen molar-refractivity contribution in [3.8, 4) is 17.1 Å². The fourth-order valence-corrected chi connectivity index (χ4v) is 6.08. The molecule has 0 amide bonds. The van der Waals surface area contributed by atoms with Crippen LogP contribution in [0.3, 0.4) is 0 Å². The molecule has 0 saturated heterocycles. The number of thiazole rings is 1. The van der Waals surface area contributed by atoms with Crippen molar-refractivity contribution in [3.05, 3.63) is 109 Å². The minimum absolute atomic E-state index is 0.0175. The Kier molecular flexibility index (Phi) is 7.17. The summed E-state index contributed by atoms with van der Waals surface area (Å²) in [5.74, 6) is 1.13. The Labute approximate surface area is 225 Å². The van der Waals surface area contributed by atoms with Crippen LogP contribution in [-0.4, -0.2) is 25.6 Å². The molecule has 0 spiro atoms. The van der Waals surface area contributed by atoms with Crippen molar-refractivity contribution in [1.29, 1.82) is 0 Å². The molecule has 37 heavy (non-hydrogen) atoms. The van der Waals surface area contributed by atoms with E-state index in [1.165, 1.54) is 35.2 Å². The van der Waals surface area contributed by atoms with Gasteiger partial charge in [-0.3, -0.25) is 24.0 Å². The molecule has 0 saturated carbocycles. The van der Waals surface area contributed by atoms with Gasteiger partial charge in [0.25, 0.3) is 11.2 Å². The van der Waals surface area contributed by atoms with Crippen LogP contribution in [0, 0.1) is 14.1 Å². The van der Waals surface area contributed by atoms with Gasteiger partial charge < -0.3 is 4.74 Å². The first-order valence-electron chi connectivity index (χ1n) is 11.3. The molecule has 2 aromatic heterocycles. The lowest BCUT2D eigenvalue weighted by Gasteiger charge is -2.13. The zero-order chi connectivity index (χ0) is 25.9. The first-order chi connectivity index (χ1) is 18.0. The van der Waals surface area contributed by atoms with Crippen LogP contribution in [0.1, 0.15) is 12.5 Å². The van der Waals surface area contributed by atoms with Crippen molar-refractivity contribution in [2.45, 2.75) is 17.8 Å². The van der Waals surface area contributed by atoms with E-state index in [4.69, 9.17) is 21.9 Å². The molecule has 0 radical (unpaired) electrons. The Morgan fingerprint density at radius 1 is 1.03 bits per heavy atom. The third kappa shape index (κ3) is 5.06. The van der Waals surface area contributed by atoms with E-state index >= 15 is 0 Å².